The van der Waals surface area contributed by atoms with Crippen LogP contribution in [0.3, 0.4) is 0 Å². The van der Waals surface area contributed by atoms with Gasteiger partial charge in [0.25, 0.3) is 0 Å². The zero-order valence-corrected chi connectivity index (χ0v) is 13.9. The number of rotatable bonds is 2. The van der Waals surface area contributed by atoms with Gasteiger partial charge in [0.1, 0.15) is 11.4 Å². The van der Waals surface area contributed by atoms with Crippen LogP contribution in [0.25, 0.3) is 44.1 Å². The molecule has 5 aromatic rings. The highest BCUT2D eigenvalue weighted by Gasteiger charge is 2.16. The molecule has 25 heavy (non-hydrogen) atoms. The SMILES string of the molecule is CCc1nc(-c2ccc3ccccc3c2)c2c(n1)oc1ccccc12. The lowest BCUT2D eigenvalue weighted by molar-refractivity contribution is 0.649. The number of hydrogen-bond donors (Lipinski definition) is 0. The maximum Gasteiger partial charge on any atom is 0.231 e. The lowest BCUT2D eigenvalue weighted by atomic mass is 10.0. The number of fused-ring (bicyclic) bond motifs is 4. The van der Waals surface area contributed by atoms with Crippen LogP contribution in [0.1, 0.15) is 12.7 Å². The first-order valence-corrected chi connectivity index (χ1v) is 8.51. The summed E-state index contributed by atoms with van der Waals surface area (Å²) >= 11 is 0. The number of aryl methyl sites for hydroxylation is 1. The standard InChI is InChI=1S/C22H16N2O/c1-2-19-23-21(16-12-11-14-7-3-4-8-15(14)13-16)20-17-9-5-6-10-18(17)25-22(20)24-19/h3-13H,2H2,1H3. The molecular weight excluding hydrogens is 308 g/mol. The van der Waals surface area contributed by atoms with E-state index in [9.17, 15) is 0 Å². The average molecular weight is 324 g/mol. The maximum absolute atomic E-state index is 5.99. The van der Waals surface area contributed by atoms with Gasteiger partial charge in [-0.3, -0.25) is 0 Å². The summed E-state index contributed by atoms with van der Waals surface area (Å²) in [6, 6.07) is 22.9. The van der Waals surface area contributed by atoms with Crippen molar-refractivity contribution in [2.45, 2.75) is 13.3 Å². The Hall–Kier alpha value is -3.20. The van der Waals surface area contributed by atoms with Crippen molar-refractivity contribution < 1.29 is 4.42 Å². The van der Waals surface area contributed by atoms with Crippen molar-refractivity contribution in [3.8, 4) is 11.3 Å². The van der Waals surface area contributed by atoms with Crippen LogP contribution >= 0.6 is 0 Å². The molecule has 0 amide bonds. The minimum Gasteiger partial charge on any atom is -0.438 e. The molecule has 0 N–H and O–H groups in total. The highest BCUT2D eigenvalue weighted by Crippen LogP contribution is 2.35. The molecule has 0 saturated carbocycles. The van der Waals surface area contributed by atoms with Crippen molar-refractivity contribution in [3.63, 3.8) is 0 Å². The van der Waals surface area contributed by atoms with Gasteiger partial charge in [0.15, 0.2) is 0 Å². The summed E-state index contributed by atoms with van der Waals surface area (Å²) in [6.45, 7) is 2.06. The van der Waals surface area contributed by atoms with E-state index in [1.807, 2.05) is 18.2 Å². The van der Waals surface area contributed by atoms with Gasteiger partial charge in [0, 0.05) is 17.4 Å². The molecule has 3 aromatic carbocycles. The maximum atomic E-state index is 5.99. The summed E-state index contributed by atoms with van der Waals surface area (Å²) in [7, 11) is 0. The van der Waals surface area contributed by atoms with Crippen LogP contribution in [0.2, 0.25) is 0 Å². The minimum absolute atomic E-state index is 0.663. The summed E-state index contributed by atoms with van der Waals surface area (Å²) in [5, 5.41) is 4.48. The smallest absolute Gasteiger partial charge is 0.231 e. The summed E-state index contributed by atoms with van der Waals surface area (Å²) in [4.78, 5) is 9.45. The van der Waals surface area contributed by atoms with Gasteiger partial charge in [-0.25, -0.2) is 4.98 Å². The second-order valence-electron chi connectivity index (χ2n) is 6.18. The molecule has 2 aromatic heterocycles. The molecule has 3 nitrogen and oxygen atoms in total. The topological polar surface area (TPSA) is 38.9 Å². The van der Waals surface area contributed by atoms with Crippen molar-refractivity contribution in [3.05, 3.63) is 72.6 Å². The molecule has 0 radical (unpaired) electrons. The van der Waals surface area contributed by atoms with Gasteiger partial charge in [-0.1, -0.05) is 61.5 Å². The second kappa shape index (κ2) is 5.42. The molecule has 0 aliphatic carbocycles. The predicted octanol–water partition coefficient (Wildman–Crippen LogP) is 5.76. The lowest BCUT2D eigenvalue weighted by Gasteiger charge is -2.07. The Labute approximate surface area is 144 Å². The fraction of sp³-hybridized carbons (Fsp3) is 0.0909. The normalized spacial score (nSPS) is 11.6. The first kappa shape index (κ1) is 14.2. The Bertz CT molecular complexity index is 1240. The summed E-state index contributed by atoms with van der Waals surface area (Å²) in [6.07, 6.45) is 0.771. The Kier molecular flexibility index (Phi) is 3.07. The van der Waals surface area contributed by atoms with E-state index < -0.39 is 0 Å². The van der Waals surface area contributed by atoms with E-state index in [1.54, 1.807) is 0 Å². The van der Waals surface area contributed by atoms with Crippen molar-refractivity contribution in [1.29, 1.82) is 0 Å². The number of para-hydroxylation sites is 1. The van der Waals surface area contributed by atoms with Crippen LogP contribution < -0.4 is 0 Å². The molecule has 0 aliphatic heterocycles. The second-order valence-corrected chi connectivity index (χ2v) is 6.18. The Balaban J connectivity index is 1.89. The molecule has 3 heteroatoms. The molecule has 0 aliphatic rings. The molecule has 0 fully saturated rings. The number of furan rings is 1. The lowest BCUT2D eigenvalue weighted by Crippen LogP contribution is -1.96. The van der Waals surface area contributed by atoms with Crippen LogP contribution in [-0.2, 0) is 6.42 Å². The van der Waals surface area contributed by atoms with E-state index in [4.69, 9.17) is 9.40 Å². The van der Waals surface area contributed by atoms with Crippen LogP contribution in [0, 0.1) is 0 Å². The van der Waals surface area contributed by atoms with Gasteiger partial charge < -0.3 is 4.42 Å². The molecule has 0 saturated heterocycles. The third-order valence-electron chi connectivity index (χ3n) is 4.62. The molecule has 0 spiro atoms. The quantitative estimate of drug-likeness (QED) is 0.414. The van der Waals surface area contributed by atoms with Crippen molar-refractivity contribution in [2.24, 2.45) is 0 Å². The fourth-order valence-electron chi connectivity index (χ4n) is 3.37. The van der Waals surface area contributed by atoms with E-state index in [0.29, 0.717) is 5.71 Å². The summed E-state index contributed by atoms with van der Waals surface area (Å²) in [5.74, 6) is 0.801. The molecule has 0 atom stereocenters. The monoisotopic (exact) mass is 324 g/mol. The van der Waals surface area contributed by atoms with E-state index in [0.717, 1.165) is 39.9 Å². The predicted molar refractivity (Wildman–Crippen MR) is 102 cm³/mol. The van der Waals surface area contributed by atoms with Gasteiger partial charge >= 0.3 is 0 Å². The first-order chi connectivity index (χ1) is 12.3. The third-order valence-corrected chi connectivity index (χ3v) is 4.62. The summed E-state index contributed by atoms with van der Waals surface area (Å²) < 4.78 is 5.99. The first-order valence-electron chi connectivity index (χ1n) is 8.51. The number of aromatic nitrogens is 2. The van der Waals surface area contributed by atoms with Crippen LogP contribution in [0.4, 0.5) is 0 Å². The van der Waals surface area contributed by atoms with E-state index >= 15 is 0 Å². The van der Waals surface area contributed by atoms with Crippen LogP contribution in [0.15, 0.2) is 71.1 Å². The minimum atomic E-state index is 0.663. The fourth-order valence-corrected chi connectivity index (χ4v) is 3.37. The molecule has 5 rings (SSSR count). The number of hydrogen-bond acceptors (Lipinski definition) is 3. The molecule has 2 heterocycles. The molecule has 0 bridgehead atoms. The van der Waals surface area contributed by atoms with Gasteiger partial charge in [0.2, 0.25) is 5.71 Å². The van der Waals surface area contributed by atoms with E-state index in [2.05, 4.69) is 60.4 Å². The van der Waals surface area contributed by atoms with Crippen LogP contribution in [0.5, 0.6) is 0 Å². The number of benzene rings is 3. The highest BCUT2D eigenvalue weighted by atomic mass is 16.3. The highest BCUT2D eigenvalue weighted by molar-refractivity contribution is 6.10. The van der Waals surface area contributed by atoms with E-state index in [1.165, 1.54) is 10.8 Å². The molecule has 0 unspecified atom stereocenters. The molecular formula is C22H16N2O. The van der Waals surface area contributed by atoms with Crippen molar-refractivity contribution in [2.75, 3.05) is 0 Å². The van der Waals surface area contributed by atoms with Crippen LogP contribution in [-0.4, -0.2) is 9.97 Å². The van der Waals surface area contributed by atoms with Crippen molar-refractivity contribution >= 4 is 32.8 Å². The Morgan fingerprint density at radius 3 is 2.52 bits per heavy atom. The Morgan fingerprint density at radius 1 is 0.840 bits per heavy atom. The van der Waals surface area contributed by atoms with Gasteiger partial charge in [-0.05, 0) is 22.9 Å². The number of nitrogens with zero attached hydrogens (tertiary/aromatic N) is 2. The van der Waals surface area contributed by atoms with Gasteiger partial charge in [-0.2, -0.15) is 4.98 Å². The van der Waals surface area contributed by atoms with Gasteiger partial charge in [0.05, 0.1) is 11.1 Å². The Morgan fingerprint density at radius 2 is 1.64 bits per heavy atom. The van der Waals surface area contributed by atoms with E-state index in [-0.39, 0.29) is 0 Å². The van der Waals surface area contributed by atoms with Crippen molar-refractivity contribution in [1.82, 2.24) is 9.97 Å². The largest absolute Gasteiger partial charge is 0.438 e. The average Bonchev–Trinajstić information content (AvgIpc) is 3.05. The zero-order chi connectivity index (χ0) is 16.8. The zero-order valence-electron chi connectivity index (χ0n) is 13.9. The summed E-state index contributed by atoms with van der Waals surface area (Å²) in [5.41, 5.74) is 3.54. The molecule has 120 valence electrons. The van der Waals surface area contributed by atoms with Gasteiger partial charge in [-0.15, -0.1) is 0 Å². The third kappa shape index (κ3) is 2.20.